The van der Waals surface area contributed by atoms with Crippen molar-refractivity contribution in [2.24, 2.45) is 0 Å². The molecule has 0 saturated heterocycles. The Morgan fingerprint density at radius 3 is 2.11 bits per heavy atom. The van der Waals surface area contributed by atoms with Gasteiger partial charge in [0.2, 0.25) is 0 Å². The number of nitrogen functional groups attached to an aromatic ring is 1. The SMILES string of the molecule is Nc1cccc(-c2ccc3sc4ccccc4c3c2)c1.S=S=S=S=S=S=S. The second kappa shape index (κ2) is 10.7. The van der Waals surface area contributed by atoms with Crippen LogP contribution in [0.3, 0.4) is 0 Å². The molecule has 0 bridgehead atoms. The molecular formula is C18H13NS8. The number of thiophene rings is 1. The largest absolute Gasteiger partial charge is 0.399 e. The molecule has 0 radical (unpaired) electrons. The Morgan fingerprint density at radius 2 is 1.37 bits per heavy atom. The molecule has 3 aromatic carbocycles. The first-order valence-electron chi connectivity index (χ1n) is 7.58. The Hall–Kier alpha value is -0.780. The third kappa shape index (κ3) is 5.61. The third-order valence-electron chi connectivity index (χ3n) is 3.71. The molecule has 138 valence electrons. The second-order valence-electron chi connectivity index (χ2n) is 5.27. The van der Waals surface area contributed by atoms with Crippen LogP contribution < -0.4 is 5.73 Å². The van der Waals surface area contributed by atoms with Gasteiger partial charge in [-0.1, -0.05) is 36.4 Å². The zero-order valence-corrected chi connectivity index (χ0v) is 20.2. The molecule has 1 nitrogen and oxygen atoms in total. The van der Waals surface area contributed by atoms with Crippen molar-refractivity contribution in [3.05, 3.63) is 66.7 Å². The van der Waals surface area contributed by atoms with Crippen molar-refractivity contribution in [3.63, 3.8) is 0 Å². The van der Waals surface area contributed by atoms with E-state index in [4.69, 9.17) is 5.73 Å². The first-order chi connectivity index (χ1) is 13.2. The van der Waals surface area contributed by atoms with E-state index in [0.717, 1.165) is 5.69 Å². The average Bonchev–Trinajstić information content (AvgIpc) is 3.07. The Balaban J connectivity index is 0.000000260. The minimum atomic E-state index is 0.803. The highest BCUT2D eigenvalue weighted by molar-refractivity contribution is 8.68. The van der Waals surface area contributed by atoms with Gasteiger partial charge in [-0.2, -0.15) is 0 Å². The van der Waals surface area contributed by atoms with E-state index in [1.807, 2.05) is 29.5 Å². The van der Waals surface area contributed by atoms with Gasteiger partial charge in [-0.3, -0.25) is 0 Å². The summed E-state index contributed by atoms with van der Waals surface area (Å²) in [4.78, 5) is 0. The van der Waals surface area contributed by atoms with E-state index in [1.165, 1.54) is 49.1 Å². The van der Waals surface area contributed by atoms with Crippen molar-refractivity contribution >= 4 is 104 Å². The molecular weight excluding hydrogens is 487 g/mol. The summed E-state index contributed by atoms with van der Waals surface area (Å²) in [6, 6.07) is 23.3. The van der Waals surface area contributed by atoms with Crippen molar-refractivity contribution in [1.82, 2.24) is 0 Å². The summed E-state index contributed by atoms with van der Waals surface area (Å²) >= 11 is 11.0. The molecule has 0 atom stereocenters. The van der Waals surface area contributed by atoms with Gasteiger partial charge in [0, 0.05) is 92.6 Å². The van der Waals surface area contributed by atoms with Gasteiger partial charge >= 0.3 is 0 Å². The predicted molar refractivity (Wildman–Crippen MR) is 141 cm³/mol. The van der Waals surface area contributed by atoms with E-state index < -0.39 is 0 Å². The van der Waals surface area contributed by atoms with Crippen LogP contribution in [0.2, 0.25) is 0 Å². The highest BCUT2D eigenvalue weighted by Gasteiger charge is 2.06. The van der Waals surface area contributed by atoms with Crippen LogP contribution in [0.15, 0.2) is 66.7 Å². The maximum atomic E-state index is 5.88. The van der Waals surface area contributed by atoms with Crippen molar-refractivity contribution in [2.45, 2.75) is 0 Å². The zero-order valence-electron chi connectivity index (χ0n) is 13.7. The molecule has 0 aliphatic rings. The smallest absolute Gasteiger partial charge is 0.0355 e. The lowest BCUT2D eigenvalue weighted by molar-refractivity contribution is 1.64. The predicted octanol–water partition coefficient (Wildman–Crippen LogP) is 5.29. The lowest BCUT2D eigenvalue weighted by Gasteiger charge is -2.03. The van der Waals surface area contributed by atoms with Crippen LogP contribution in [0.5, 0.6) is 0 Å². The number of anilines is 1. The summed E-state index contributed by atoms with van der Waals surface area (Å²) in [6.45, 7) is 0. The molecule has 0 aliphatic heterocycles. The van der Waals surface area contributed by atoms with Crippen LogP contribution in [0.25, 0.3) is 31.3 Å². The summed E-state index contributed by atoms with van der Waals surface area (Å²) < 4.78 is 2.67. The summed E-state index contributed by atoms with van der Waals surface area (Å²) in [5.41, 5.74) is 9.07. The van der Waals surface area contributed by atoms with Crippen molar-refractivity contribution in [1.29, 1.82) is 0 Å². The first-order valence-corrected chi connectivity index (χ1v) is 16.4. The lowest BCUT2D eigenvalue weighted by atomic mass is 10.0. The molecule has 4 aromatic rings. The Labute approximate surface area is 185 Å². The van der Waals surface area contributed by atoms with E-state index in [9.17, 15) is 0 Å². The fourth-order valence-electron chi connectivity index (χ4n) is 2.66. The summed E-state index contributed by atoms with van der Waals surface area (Å²) in [5.74, 6) is 0. The second-order valence-corrected chi connectivity index (χ2v) is 15.2. The molecule has 4 rings (SSSR count). The van der Waals surface area contributed by atoms with Crippen LogP contribution in [0, 0.1) is 0 Å². The van der Waals surface area contributed by atoms with Gasteiger partial charge in [0.25, 0.3) is 0 Å². The van der Waals surface area contributed by atoms with Gasteiger partial charge < -0.3 is 5.73 Å². The highest BCUT2D eigenvalue weighted by atomic mass is 33.4. The summed E-state index contributed by atoms with van der Waals surface area (Å²) in [6.07, 6.45) is 0. The fourth-order valence-corrected chi connectivity index (χ4v) is 12.0. The van der Waals surface area contributed by atoms with Crippen molar-refractivity contribution < 1.29 is 0 Å². The quantitative estimate of drug-likeness (QED) is 0.361. The maximum Gasteiger partial charge on any atom is 0.0355 e. The number of benzene rings is 3. The first kappa shape index (κ1) is 20.9. The van der Waals surface area contributed by atoms with Crippen LogP contribution in [-0.4, -0.2) is 0 Å². The van der Waals surface area contributed by atoms with Crippen LogP contribution in [-0.2, 0) is 66.8 Å². The maximum absolute atomic E-state index is 5.88. The van der Waals surface area contributed by atoms with Crippen molar-refractivity contribution in [2.75, 3.05) is 5.73 Å². The molecule has 0 unspecified atom stereocenters. The average molecular weight is 500 g/mol. The number of hydrogen-bond acceptors (Lipinski definition) is 4. The molecule has 0 aliphatic carbocycles. The summed E-state index contributed by atoms with van der Waals surface area (Å²) in [5, 5.41) is 2.66. The number of nitrogens with two attached hydrogens (primary N) is 1. The third-order valence-corrected chi connectivity index (χ3v) is 13.7. The van der Waals surface area contributed by atoms with Gasteiger partial charge in [-0.15, -0.1) is 11.3 Å². The Kier molecular flexibility index (Phi) is 8.28. The van der Waals surface area contributed by atoms with Gasteiger partial charge in [-0.25, -0.2) is 0 Å². The summed E-state index contributed by atoms with van der Waals surface area (Å²) in [7, 11) is 7.36. The van der Waals surface area contributed by atoms with Gasteiger partial charge in [-0.05, 0) is 41.5 Å². The molecule has 9 heteroatoms. The fraction of sp³-hybridized carbons (Fsp3) is 0. The van der Waals surface area contributed by atoms with Crippen LogP contribution in [0.4, 0.5) is 5.69 Å². The number of fused-ring (bicyclic) bond motifs is 3. The number of rotatable bonds is 1. The van der Waals surface area contributed by atoms with E-state index in [-0.39, 0.29) is 0 Å². The topological polar surface area (TPSA) is 26.0 Å². The molecule has 1 aromatic heterocycles. The standard InChI is InChI=1S/C18H13NS.S7/c19-14-5-3-4-12(10-14)13-8-9-18-16(11-13)15-6-1-2-7-17(15)20-18;1-3-5-7-6-4-2/h1-11H,19H2;. The molecule has 0 saturated carbocycles. The highest BCUT2D eigenvalue weighted by Crippen LogP contribution is 2.36. The van der Waals surface area contributed by atoms with Gasteiger partial charge in [0.1, 0.15) is 0 Å². The zero-order chi connectivity index (χ0) is 19.1. The minimum Gasteiger partial charge on any atom is -0.399 e. The molecule has 2 N–H and O–H groups in total. The van der Waals surface area contributed by atoms with Crippen molar-refractivity contribution in [3.8, 4) is 11.1 Å². The molecule has 27 heavy (non-hydrogen) atoms. The lowest BCUT2D eigenvalue weighted by Crippen LogP contribution is -1.84. The number of hydrogen-bond donors (Lipinski definition) is 1. The van der Waals surface area contributed by atoms with E-state index in [0.29, 0.717) is 0 Å². The van der Waals surface area contributed by atoms with Crippen LogP contribution >= 0.6 is 11.3 Å². The van der Waals surface area contributed by atoms with E-state index >= 15 is 0 Å². The Morgan fingerprint density at radius 1 is 0.667 bits per heavy atom. The molecule has 0 amide bonds. The van der Waals surface area contributed by atoms with E-state index in [2.05, 4.69) is 70.9 Å². The Bertz CT molecular complexity index is 1290. The monoisotopic (exact) mass is 499 g/mol. The minimum absolute atomic E-state index is 0.803. The normalized spacial score (nSPS) is 9.93. The molecule has 0 fully saturated rings. The molecule has 0 spiro atoms. The van der Waals surface area contributed by atoms with E-state index in [1.54, 1.807) is 26.6 Å². The van der Waals surface area contributed by atoms with Gasteiger partial charge in [0.05, 0.1) is 0 Å². The molecule has 1 heterocycles. The van der Waals surface area contributed by atoms with Gasteiger partial charge in [0.15, 0.2) is 0 Å². The van der Waals surface area contributed by atoms with Crippen LogP contribution in [0.1, 0.15) is 0 Å².